The molecular formula is CH3ClO4S2. The molecule has 7 heteroatoms. The molecule has 0 N–H and O–H groups in total. The highest BCUT2D eigenvalue weighted by Gasteiger charge is 1.83. The second-order valence-corrected chi connectivity index (χ2v) is 3.93. The summed E-state index contributed by atoms with van der Waals surface area (Å²) in [7, 11) is 1.31. The predicted octanol–water partition coefficient (Wildman–Crippen LogP) is -0.485. The van der Waals surface area contributed by atoms with Gasteiger partial charge in [-0.15, -0.1) is 0 Å². The van der Waals surface area contributed by atoms with Crippen LogP contribution in [-0.2, 0) is 20.6 Å². The molecule has 0 saturated carbocycles. The Hall–Kier alpha value is 0.0600. The molecule has 0 amide bonds. The zero-order valence-electron chi connectivity index (χ0n) is 3.83. The Bertz CT molecular complexity index is 154. The maximum Gasteiger partial charge on any atom is 0.335 e. The predicted molar refractivity (Wildman–Crippen MR) is 29.6 cm³/mol. The quantitative estimate of drug-likeness (QED) is 0.470. The molecule has 0 atom stereocenters. The summed E-state index contributed by atoms with van der Waals surface area (Å²) in [5.41, 5.74) is 0. The topological polar surface area (TPSA) is 68.3 Å². The Morgan fingerprint density at radius 3 is 1.38 bits per heavy atom. The number of hydrogen-bond acceptors (Lipinski definition) is 4. The first kappa shape index (κ1) is 10.9. The minimum atomic E-state index is -3.19. The summed E-state index contributed by atoms with van der Waals surface area (Å²) in [6, 6.07) is 0. The number of rotatable bonds is 0. The van der Waals surface area contributed by atoms with Gasteiger partial charge in [-0.05, 0) is 0 Å². The highest BCUT2D eigenvalue weighted by atomic mass is 35.7. The molecule has 0 aromatic heterocycles. The van der Waals surface area contributed by atoms with E-state index in [0.717, 1.165) is 6.26 Å². The van der Waals surface area contributed by atoms with Gasteiger partial charge in [0.1, 0.15) is 0 Å². The van der Waals surface area contributed by atoms with Crippen molar-refractivity contribution in [3.63, 3.8) is 0 Å². The Labute approximate surface area is 54.9 Å². The summed E-state index contributed by atoms with van der Waals surface area (Å²) < 4.78 is 35.4. The minimum Gasteiger partial charge on any atom is -0.213 e. The second-order valence-electron chi connectivity index (χ2n) is 0.750. The molecule has 0 aromatic rings. The lowest BCUT2D eigenvalue weighted by Crippen LogP contribution is -1.76. The molecule has 0 rings (SSSR count). The van der Waals surface area contributed by atoms with Crippen molar-refractivity contribution < 1.29 is 16.8 Å². The van der Waals surface area contributed by atoms with Crippen LogP contribution in [0, 0.1) is 0 Å². The molecule has 0 saturated heterocycles. The highest BCUT2D eigenvalue weighted by molar-refractivity contribution is 8.13. The van der Waals surface area contributed by atoms with E-state index in [9.17, 15) is 8.42 Å². The molecule has 4 nitrogen and oxygen atoms in total. The summed E-state index contributed by atoms with van der Waals surface area (Å²) >= 11 is -0.750. The number of hydrogen-bond donors (Lipinski definition) is 0. The zero-order valence-corrected chi connectivity index (χ0v) is 6.22. The molecule has 0 aromatic carbocycles. The molecular weight excluding hydrogens is 176 g/mol. The normalized spacial score (nSPS) is 8.75. The fourth-order valence-corrected chi connectivity index (χ4v) is 0. The van der Waals surface area contributed by atoms with Crippen LogP contribution in [0.15, 0.2) is 0 Å². The van der Waals surface area contributed by atoms with Crippen molar-refractivity contribution >= 4 is 31.3 Å². The van der Waals surface area contributed by atoms with Gasteiger partial charge in [0.05, 0.1) is 6.26 Å². The number of halogens is 1. The molecule has 0 aliphatic heterocycles. The second kappa shape index (κ2) is 5.20. The van der Waals surface area contributed by atoms with Gasteiger partial charge >= 0.3 is 11.6 Å². The summed E-state index contributed by atoms with van der Waals surface area (Å²) in [5.74, 6) is 0. The van der Waals surface area contributed by atoms with Crippen molar-refractivity contribution in [3.8, 4) is 0 Å². The SMILES string of the molecule is CS(=O)(=O)Cl.O=S=O. The van der Waals surface area contributed by atoms with Gasteiger partial charge in [-0.1, -0.05) is 0 Å². The Morgan fingerprint density at radius 2 is 1.38 bits per heavy atom. The summed E-state index contributed by atoms with van der Waals surface area (Å²) in [4.78, 5) is 0. The third-order valence-electron chi connectivity index (χ3n) is 0. The van der Waals surface area contributed by atoms with Gasteiger partial charge in [-0.2, -0.15) is 8.42 Å². The molecule has 0 aliphatic carbocycles. The van der Waals surface area contributed by atoms with E-state index in [1.54, 1.807) is 0 Å². The molecule has 0 bridgehead atoms. The molecule has 50 valence electrons. The van der Waals surface area contributed by atoms with E-state index in [0.29, 0.717) is 0 Å². The molecule has 0 unspecified atom stereocenters. The van der Waals surface area contributed by atoms with Crippen molar-refractivity contribution in [1.82, 2.24) is 0 Å². The Kier molecular flexibility index (Phi) is 7.11. The highest BCUT2D eigenvalue weighted by Crippen LogP contribution is 1.83. The van der Waals surface area contributed by atoms with Crippen LogP contribution in [0.5, 0.6) is 0 Å². The lowest BCUT2D eigenvalue weighted by atomic mass is 12.0. The van der Waals surface area contributed by atoms with Gasteiger partial charge in [-0.25, -0.2) is 8.42 Å². The van der Waals surface area contributed by atoms with Gasteiger partial charge in [0.25, 0.3) is 0 Å². The van der Waals surface area contributed by atoms with Crippen molar-refractivity contribution in [2.24, 2.45) is 0 Å². The smallest absolute Gasteiger partial charge is 0.213 e. The molecule has 0 fully saturated rings. The average molecular weight is 179 g/mol. The van der Waals surface area contributed by atoms with E-state index in [1.807, 2.05) is 0 Å². The van der Waals surface area contributed by atoms with Gasteiger partial charge in [0.2, 0.25) is 9.05 Å². The summed E-state index contributed by atoms with van der Waals surface area (Å²) in [5, 5.41) is 0. The van der Waals surface area contributed by atoms with Crippen LogP contribution in [0.25, 0.3) is 0 Å². The van der Waals surface area contributed by atoms with Gasteiger partial charge in [0, 0.05) is 10.7 Å². The maximum atomic E-state index is 9.40. The largest absolute Gasteiger partial charge is 0.335 e. The monoisotopic (exact) mass is 178 g/mol. The van der Waals surface area contributed by atoms with E-state index in [4.69, 9.17) is 8.42 Å². The van der Waals surface area contributed by atoms with Crippen LogP contribution in [0.4, 0.5) is 0 Å². The van der Waals surface area contributed by atoms with Gasteiger partial charge < -0.3 is 0 Å². The first-order chi connectivity index (χ1) is 3.41. The third kappa shape index (κ3) is 43100. The van der Waals surface area contributed by atoms with Crippen LogP contribution in [0.2, 0.25) is 0 Å². The third-order valence-corrected chi connectivity index (χ3v) is 0. The van der Waals surface area contributed by atoms with Crippen LogP contribution in [0.1, 0.15) is 0 Å². The minimum absolute atomic E-state index is 0.750. The van der Waals surface area contributed by atoms with Crippen LogP contribution < -0.4 is 0 Å². The van der Waals surface area contributed by atoms with Crippen LogP contribution in [-0.4, -0.2) is 23.1 Å². The van der Waals surface area contributed by atoms with E-state index < -0.39 is 20.6 Å². The first-order valence-electron chi connectivity index (χ1n) is 1.23. The first-order valence-corrected chi connectivity index (χ1v) is 4.61. The van der Waals surface area contributed by atoms with E-state index in [2.05, 4.69) is 10.7 Å². The average Bonchev–Trinajstić information content (AvgIpc) is 1.27. The molecule has 0 radical (unpaired) electrons. The van der Waals surface area contributed by atoms with Crippen molar-refractivity contribution in [1.29, 1.82) is 0 Å². The van der Waals surface area contributed by atoms with Crippen molar-refractivity contribution in [2.75, 3.05) is 6.26 Å². The summed E-state index contributed by atoms with van der Waals surface area (Å²) in [6.45, 7) is 0. The van der Waals surface area contributed by atoms with Crippen LogP contribution in [0.3, 0.4) is 0 Å². The van der Waals surface area contributed by atoms with Crippen molar-refractivity contribution in [3.05, 3.63) is 0 Å². The fourth-order valence-electron chi connectivity index (χ4n) is 0. The molecule has 8 heavy (non-hydrogen) atoms. The molecule has 0 aliphatic rings. The van der Waals surface area contributed by atoms with Crippen LogP contribution >= 0.6 is 10.7 Å². The summed E-state index contributed by atoms with van der Waals surface area (Å²) in [6.07, 6.45) is 0.925. The van der Waals surface area contributed by atoms with E-state index in [1.165, 1.54) is 0 Å². The zero-order chi connectivity index (χ0) is 7.21. The maximum absolute atomic E-state index is 9.40. The fraction of sp³-hybridized carbons (Fsp3) is 1.00. The Morgan fingerprint density at radius 1 is 1.38 bits per heavy atom. The lowest BCUT2D eigenvalue weighted by Gasteiger charge is -1.65. The Balaban J connectivity index is 0. The van der Waals surface area contributed by atoms with Gasteiger partial charge in [-0.3, -0.25) is 0 Å². The lowest BCUT2D eigenvalue weighted by molar-refractivity contribution is 0.614. The molecule has 0 heterocycles. The standard InChI is InChI=1S/CH3ClO2S.O2S/c1-5(2,3)4;1-3-2/h1H3;. The molecule has 0 spiro atoms. The van der Waals surface area contributed by atoms with Crippen molar-refractivity contribution in [2.45, 2.75) is 0 Å². The van der Waals surface area contributed by atoms with E-state index in [-0.39, 0.29) is 0 Å². The van der Waals surface area contributed by atoms with E-state index >= 15 is 0 Å². The van der Waals surface area contributed by atoms with Gasteiger partial charge in [0.15, 0.2) is 0 Å².